The van der Waals surface area contributed by atoms with E-state index in [1.54, 1.807) is 0 Å². The fourth-order valence-corrected chi connectivity index (χ4v) is 3.78. The number of anilines is 2. The second-order valence-corrected chi connectivity index (χ2v) is 7.14. The summed E-state index contributed by atoms with van der Waals surface area (Å²) in [5, 5.41) is 0. The molecule has 0 saturated carbocycles. The molecule has 3 heteroatoms. The minimum Gasteiger partial charge on any atom is -0.374 e. The third kappa shape index (κ3) is 3.35. The molecule has 3 nitrogen and oxygen atoms in total. The molecule has 0 bridgehead atoms. The van der Waals surface area contributed by atoms with Gasteiger partial charge in [0.15, 0.2) is 0 Å². The van der Waals surface area contributed by atoms with Crippen LogP contribution in [-0.2, 0) is 4.74 Å². The quantitative estimate of drug-likeness (QED) is 0.826. The number of hydrogen-bond donors (Lipinski definition) is 0. The summed E-state index contributed by atoms with van der Waals surface area (Å²) < 4.78 is 6.13. The molecule has 1 atom stereocenters. The van der Waals surface area contributed by atoms with Crippen molar-refractivity contribution >= 4 is 23.5 Å². The smallest absolute Gasteiger partial charge is 0.0881 e. The van der Waals surface area contributed by atoms with Crippen LogP contribution in [0.25, 0.3) is 12.2 Å². The van der Waals surface area contributed by atoms with Gasteiger partial charge in [0.2, 0.25) is 0 Å². The van der Waals surface area contributed by atoms with Gasteiger partial charge in [-0.3, -0.25) is 4.90 Å². The number of ether oxygens (including phenoxy) is 1. The summed E-state index contributed by atoms with van der Waals surface area (Å²) in [7, 11) is 0. The van der Waals surface area contributed by atoms with Gasteiger partial charge < -0.3 is 9.64 Å². The van der Waals surface area contributed by atoms with Crippen LogP contribution in [0.4, 0.5) is 11.4 Å². The second-order valence-electron chi connectivity index (χ2n) is 7.14. The Morgan fingerprint density at radius 1 is 0.960 bits per heavy atom. The predicted octanol–water partition coefficient (Wildman–Crippen LogP) is 4.42. The highest BCUT2D eigenvalue weighted by atomic mass is 16.5. The van der Waals surface area contributed by atoms with Crippen molar-refractivity contribution in [2.24, 2.45) is 0 Å². The number of fused-ring (bicyclic) bond motifs is 2. The van der Waals surface area contributed by atoms with Crippen molar-refractivity contribution in [3.63, 3.8) is 0 Å². The Hall–Kier alpha value is -2.10. The molecule has 0 amide bonds. The van der Waals surface area contributed by atoms with Crippen molar-refractivity contribution in [3.05, 3.63) is 59.7 Å². The lowest BCUT2D eigenvalue weighted by Crippen LogP contribution is -2.49. The molecular formula is C22H26N2O. The first-order valence-corrected chi connectivity index (χ1v) is 9.22. The molecule has 2 aromatic carbocycles. The Labute approximate surface area is 150 Å². The summed E-state index contributed by atoms with van der Waals surface area (Å²) in [4.78, 5) is 4.95. The van der Waals surface area contributed by atoms with Gasteiger partial charge in [-0.2, -0.15) is 0 Å². The molecule has 0 aliphatic carbocycles. The number of morpholine rings is 1. The van der Waals surface area contributed by atoms with E-state index in [-0.39, 0.29) is 6.10 Å². The first-order chi connectivity index (χ1) is 12.2. The zero-order valence-corrected chi connectivity index (χ0v) is 15.1. The maximum atomic E-state index is 6.13. The molecule has 0 aromatic heterocycles. The summed E-state index contributed by atoms with van der Waals surface area (Å²) in [5.41, 5.74) is 5.04. The summed E-state index contributed by atoms with van der Waals surface area (Å²) >= 11 is 0. The Morgan fingerprint density at radius 2 is 1.56 bits per heavy atom. The Kier molecular flexibility index (Phi) is 4.60. The second kappa shape index (κ2) is 7.03. The molecule has 130 valence electrons. The zero-order valence-electron chi connectivity index (χ0n) is 15.1. The van der Waals surface area contributed by atoms with Crippen LogP contribution in [0.15, 0.2) is 48.5 Å². The molecule has 2 aliphatic heterocycles. The SMILES string of the molecule is CC(C)N1CCOC(CN2c3ccccc3C=Cc3ccccc32)C1. The van der Waals surface area contributed by atoms with E-state index in [2.05, 4.69) is 84.3 Å². The molecule has 1 fully saturated rings. The summed E-state index contributed by atoms with van der Waals surface area (Å²) in [5.74, 6) is 0. The van der Waals surface area contributed by atoms with Gasteiger partial charge in [0.05, 0.1) is 19.3 Å². The maximum Gasteiger partial charge on any atom is 0.0881 e. The highest BCUT2D eigenvalue weighted by Gasteiger charge is 2.26. The number of benzene rings is 2. The first kappa shape index (κ1) is 16.4. The van der Waals surface area contributed by atoms with Crippen molar-refractivity contribution in [2.75, 3.05) is 31.1 Å². The molecule has 1 saturated heterocycles. The van der Waals surface area contributed by atoms with Gasteiger partial charge in [-0.1, -0.05) is 48.6 Å². The lowest BCUT2D eigenvalue weighted by Gasteiger charge is -2.38. The van der Waals surface area contributed by atoms with E-state index in [9.17, 15) is 0 Å². The summed E-state index contributed by atoms with van der Waals surface area (Å²) in [6.45, 7) is 8.25. The van der Waals surface area contributed by atoms with Gasteiger partial charge >= 0.3 is 0 Å². The summed E-state index contributed by atoms with van der Waals surface area (Å²) in [6, 6.07) is 17.8. The van der Waals surface area contributed by atoms with Crippen LogP contribution in [0.2, 0.25) is 0 Å². The van der Waals surface area contributed by atoms with Gasteiger partial charge in [0.25, 0.3) is 0 Å². The third-order valence-corrected chi connectivity index (χ3v) is 5.18. The van der Waals surface area contributed by atoms with E-state index in [0.717, 1.165) is 26.2 Å². The van der Waals surface area contributed by atoms with Crippen molar-refractivity contribution in [1.29, 1.82) is 0 Å². The maximum absolute atomic E-state index is 6.13. The van der Waals surface area contributed by atoms with Gasteiger partial charge in [0.1, 0.15) is 0 Å². The zero-order chi connectivity index (χ0) is 17.2. The minimum absolute atomic E-state index is 0.218. The highest BCUT2D eigenvalue weighted by Crippen LogP contribution is 2.36. The van der Waals surface area contributed by atoms with Crippen molar-refractivity contribution in [2.45, 2.75) is 26.0 Å². The third-order valence-electron chi connectivity index (χ3n) is 5.18. The number of rotatable bonds is 3. The molecule has 2 aromatic rings. The predicted molar refractivity (Wildman–Crippen MR) is 105 cm³/mol. The van der Waals surface area contributed by atoms with Crippen LogP contribution in [-0.4, -0.2) is 43.3 Å². The minimum atomic E-state index is 0.218. The average Bonchev–Trinajstić information content (AvgIpc) is 2.80. The van der Waals surface area contributed by atoms with Crippen LogP contribution in [0.1, 0.15) is 25.0 Å². The van der Waals surface area contributed by atoms with Crippen LogP contribution < -0.4 is 4.90 Å². The Morgan fingerprint density at radius 3 is 2.16 bits per heavy atom. The van der Waals surface area contributed by atoms with E-state index >= 15 is 0 Å². The van der Waals surface area contributed by atoms with E-state index in [4.69, 9.17) is 4.74 Å². The molecule has 1 unspecified atom stereocenters. The molecule has 0 radical (unpaired) electrons. The van der Waals surface area contributed by atoms with Gasteiger partial charge in [0, 0.05) is 30.5 Å². The standard InChI is InChI=1S/C22H26N2O/c1-17(2)23-13-14-25-20(15-23)16-24-21-9-5-3-7-18(21)11-12-19-8-4-6-10-22(19)24/h3-12,17,20H,13-16H2,1-2H3. The van der Waals surface area contributed by atoms with Crippen molar-refractivity contribution in [3.8, 4) is 0 Å². The van der Waals surface area contributed by atoms with Crippen molar-refractivity contribution in [1.82, 2.24) is 4.90 Å². The van der Waals surface area contributed by atoms with E-state index in [0.29, 0.717) is 6.04 Å². The number of hydrogen-bond acceptors (Lipinski definition) is 3. The Balaban J connectivity index is 1.67. The lowest BCUT2D eigenvalue weighted by atomic mass is 10.1. The van der Waals surface area contributed by atoms with E-state index in [1.807, 2.05) is 0 Å². The molecule has 0 N–H and O–H groups in total. The molecule has 25 heavy (non-hydrogen) atoms. The Bertz CT molecular complexity index is 719. The van der Waals surface area contributed by atoms with Crippen LogP contribution in [0.3, 0.4) is 0 Å². The average molecular weight is 334 g/mol. The topological polar surface area (TPSA) is 15.7 Å². The van der Waals surface area contributed by atoms with Gasteiger partial charge in [-0.15, -0.1) is 0 Å². The van der Waals surface area contributed by atoms with E-state index in [1.165, 1.54) is 22.5 Å². The number of para-hydroxylation sites is 2. The normalized spacial score (nSPS) is 20.3. The fourth-order valence-electron chi connectivity index (χ4n) is 3.78. The molecule has 0 spiro atoms. The number of nitrogens with zero attached hydrogens (tertiary/aromatic N) is 2. The molecule has 4 rings (SSSR count). The summed E-state index contributed by atoms with van der Waals surface area (Å²) in [6.07, 6.45) is 4.66. The van der Waals surface area contributed by atoms with Crippen molar-refractivity contribution < 1.29 is 4.74 Å². The highest BCUT2D eigenvalue weighted by molar-refractivity contribution is 5.88. The van der Waals surface area contributed by atoms with E-state index < -0.39 is 0 Å². The van der Waals surface area contributed by atoms with Gasteiger partial charge in [-0.05, 0) is 37.1 Å². The molecule has 2 heterocycles. The van der Waals surface area contributed by atoms with Crippen LogP contribution in [0, 0.1) is 0 Å². The largest absolute Gasteiger partial charge is 0.374 e. The molecule has 2 aliphatic rings. The van der Waals surface area contributed by atoms with Crippen LogP contribution >= 0.6 is 0 Å². The first-order valence-electron chi connectivity index (χ1n) is 9.22. The fraction of sp³-hybridized carbons (Fsp3) is 0.364. The lowest BCUT2D eigenvalue weighted by molar-refractivity contribution is -0.0333. The van der Waals surface area contributed by atoms with Crippen LogP contribution in [0.5, 0.6) is 0 Å². The van der Waals surface area contributed by atoms with Gasteiger partial charge in [-0.25, -0.2) is 0 Å². The molecular weight excluding hydrogens is 308 g/mol. The monoisotopic (exact) mass is 334 g/mol.